The summed E-state index contributed by atoms with van der Waals surface area (Å²) < 4.78 is 14.0. The molecule has 142 valence electrons. The fourth-order valence-electron chi connectivity index (χ4n) is 3.07. The summed E-state index contributed by atoms with van der Waals surface area (Å²) in [4.78, 5) is 14.8. The first-order chi connectivity index (χ1) is 13.3. The van der Waals surface area contributed by atoms with Crippen LogP contribution in [0.1, 0.15) is 32.9 Å². The quantitative estimate of drug-likeness (QED) is 0.566. The van der Waals surface area contributed by atoms with E-state index in [-0.39, 0.29) is 10.6 Å². The third kappa shape index (κ3) is 3.72. The van der Waals surface area contributed by atoms with Crippen LogP contribution in [-0.2, 0) is 11.5 Å². The average Bonchev–Trinajstić information content (AvgIpc) is 2.95. The number of nitriles is 1. The van der Waals surface area contributed by atoms with Gasteiger partial charge in [0.15, 0.2) is 0 Å². The highest BCUT2D eigenvalue weighted by Crippen LogP contribution is 2.31. The molecule has 0 saturated heterocycles. The SMILES string of the molecule is Cc1nn(Cc2ccc(Cl)c(C(=O)OF)c2)c(C)c1-c1ccc(C#N)c(Cl)c1. The topological polar surface area (TPSA) is 67.9 Å². The Bertz CT molecular complexity index is 1120. The van der Waals surface area contributed by atoms with Crippen molar-refractivity contribution in [1.29, 1.82) is 5.26 Å². The fourth-order valence-corrected chi connectivity index (χ4v) is 3.49. The number of aromatic nitrogens is 2. The largest absolute Gasteiger partial charge is 0.381 e. The Labute approximate surface area is 170 Å². The van der Waals surface area contributed by atoms with Crippen molar-refractivity contribution in [2.45, 2.75) is 20.4 Å². The molecule has 1 heterocycles. The molecule has 0 amide bonds. The lowest BCUT2D eigenvalue weighted by Gasteiger charge is -2.08. The summed E-state index contributed by atoms with van der Waals surface area (Å²) in [5, 5.41) is 14.1. The molecule has 0 atom stereocenters. The molecule has 0 N–H and O–H groups in total. The van der Waals surface area contributed by atoms with Crippen LogP contribution in [0, 0.1) is 25.2 Å². The second-order valence-electron chi connectivity index (χ2n) is 6.19. The van der Waals surface area contributed by atoms with Crippen LogP contribution in [0.4, 0.5) is 4.53 Å². The molecule has 28 heavy (non-hydrogen) atoms. The smallest absolute Gasteiger partial charge is 0.265 e. The summed E-state index contributed by atoms with van der Waals surface area (Å²) in [5.74, 6) is -1.15. The monoisotopic (exact) mass is 417 g/mol. The molecule has 3 aromatic rings. The second kappa shape index (κ2) is 8.01. The lowest BCUT2D eigenvalue weighted by Crippen LogP contribution is -2.06. The summed E-state index contributed by atoms with van der Waals surface area (Å²) in [7, 11) is 0. The molecule has 0 unspecified atom stereocenters. The molecule has 3 rings (SSSR count). The minimum Gasteiger partial charge on any atom is -0.265 e. The van der Waals surface area contributed by atoms with Crippen molar-refractivity contribution in [2.24, 2.45) is 0 Å². The van der Waals surface area contributed by atoms with Gasteiger partial charge in [0.2, 0.25) is 0 Å². The molecule has 0 radical (unpaired) electrons. The van der Waals surface area contributed by atoms with E-state index in [9.17, 15) is 9.32 Å². The van der Waals surface area contributed by atoms with E-state index in [1.165, 1.54) is 12.1 Å². The zero-order chi connectivity index (χ0) is 20.4. The fraction of sp³-hybridized carbons (Fsp3) is 0.150. The molecule has 1 aromatic heterocycles. The number of carbonyl (C=O) groups is 1. The third-order valence-corrected chi connectivity index (χ3v) is 5.06. The van der Waals surface area contributed by atoms with Crippen LogP contribution in [0.5, 0.6) is 0 Å². The van der Waals surface area contributed by atoms with E-state index in [4.69, 9.17) is 28.5 Å². The Hall–Kier alpha value is -2.88. The number of rotatable bonds is 4. The van der Waals surface area contributed by atoms with E-state index in [0.717, 1.165) is 22.5 Å². The van der Waals surface area contributed by atoms with E-state index >= 15 is 0 Å². The van der Waals surface area contributed by atoms with Crippen molar-refractivity contribution in [2.75, 3.05) is 0 Å². The highest BCUT2D eigenvalue weighted by Gasteiger charge is 2.17. The molecular weight excluding hydrogens is 404 g/mol. The van der Waals surface area contributed by atoms with Gasteiger partial charge in [0.25, 0.3) is 0 Å². The van der Waals surface area contributed by atoms with Gasteiger partial charge in [-0.25, -0.2) is 9.74 Å². The average molecular weight is 418 g/mol. The Morgan fingerprint density at radius 2 is 1.96 bits per heavy atom. The van der Waals surface area contributed by atoms with Gasteiger partial charge in [0.1, 0.15) is 6.07 Å². The summed E-state index contributed by atoms with van der Waals surface area (Å²) in [5.41, 5.74) is 4.48. The van der Waals surface area contributed by atoms with Gasteiger partial charge in [-0.3, -0.25) is 4.68 Å². The Morgan fingerprint density at radius 1 is 1.21 bits per heavy atom. The molecule has 0 aliphatic carbocycles. The molecule has 0 aliphatic heterocycles. The van der Waals surface area contributed by atoms with E-state index in [1.54, 1.807) is 22.9 Å². The Balaban J connectivity index is 1.98. The molecule has 0 saturated carbocycles. The zero-order valence-corrected chi connectivity index (χ0v) is 16.5. The summed E-state index contributed by atoms with van der Waals surface area (Å²) in [6.07, 6.45) is 0. The van der Waals surface area contributed by atoms with Crippen LogP contribution in [-0.4, -0.2) is 15.7 Å². The first-order valence-corrected chi connectivity index (χ1v) is 8.96. The van der Waals surface area contributed by atoms with E-state index < -0.39 is 5.97 Å². The standard InChI is InChI=1S/C20H14Cl2FN3O2/c1-11-19(14-4-5-15(9-24)18(22)8-14)12(2)26(25-11)10-13-3-6-17(21)16(7-13)20(27)28-23/h3-8H,10H2,1-2H3. The van der Waals surface area contributed by atoms with Crippen LogP contribution in [0.2, 0.25) is 10.0 Å². The summed E-state index contributed by atoms with van der Waals surface area (Å²) in [6.45, 7) is 4.13. The van der Waals surface area contributed by atoms with Gasteiger partial charge in [-0.2, -0.15) is 10.4 Å². The zero-order valence-electron chi connectivity index (χ0n) is 15.0. The van der Waals surface area contributed by atoms with E-state index in [2.05, 4.69) is 10.0 Å². The molecular formula is C20H14Cl2FN3O2. The summed E-state index contributed by atoms with van der Waals surface area (Å²) in [6, 6.07) is 12.0. The molecule has 5 nitrogen and oxygen atoms in total. The molecule has 2 aromatic carbocycles. The predicted molar refractivity (Wildman–Crippen MR) is 104 cm³/mol. The van der Waals surface area contributed by atoms with Crippen molar-refractivity contribution >= 4 is 29.2 Å². The number of halogens is 3. The van der Waals surface area contributed by atoms with Crippen molar-refractivity contribution in [3.63, 3.8) is 0 Å². The number of carbonyl (C=O) groups excluding carboxylic acids is 1. The van der Waals surface area contributed by atoms with Gasteiger partial charge in [-0.1, -0.05) is 35.3 Å². The molecule has 0 fully saturated rings. The first kappa shape index (κ1) is 19.9. The van der Waals surface area contributed by atoms with Gasteiger partial charge < -0.3 is 0 Å². The van der Waals surface area contributed by atoms with Gasteiger partial charge in [-0.05, 0) is 49.2 Å². The lowest BCUT2D eigenvalue weighted by atomic mass is 10.0. The number of aryl methyl sites for hydroxylation is 1. The molecule has 0 spiro atoms. The van der Waals surface area contributed by atoms with Crippen LogP contribution in [0.3, 0.4) is 0 Å². The Morgan fingerprint density at radius 3 is 2.61 bits per heavy atom. The molecule has 8 heteroatoms. The predicted octanol–water partition coefficient (Wildman–Crippen LogP) is 5.44. The van der Waals surface area contributed by atoms with Gasteiger partial charge in [0, 0.05) is 15.8 Å². The van der Waals surface area contributed by atoms with Crippen molar-refractivity contribution in [3.8, 4) is 17.2 Å². The van der Waals surface area contributed by atoms with Crippen LogP contribution >= 0.6 is 23.2 Å². The number of benzene rings is 2. The number of hydrogen-bond acceptors (Lipinski definition) is 4. The van der Waals surface area contributed by atoms with Crippen LogP contribution in [0.25, 0.3) is 11.1 Å². The maximum Gasteiger partial charge on any atom is 0.381 e. The van der Waals surface area contributed by atoms with Crippen LogP contribution < -0.4 is 0 Å². The van der Waals surface area contributed by atoms with Gasteiger partial charge in [-0.15, -0.1) is 0 Å². The highest BCUT2D eigenvalue weighted by molar-refractivity contribution is 6.33. The molecule has 0 bridgehead atoms. The van der Waals surface area contributed by atoms with Crippen molar-refractivity contribution in [3.05, 3.63) is 74.5 Å². The van der Waals surface area contributed by atoms with E-state index in [0.29, 0.717) is 22.7 Å². The maximum atomic E-state index is 12.2. The van der Waals surface area contributed by atoms with Crippen LogP contribution in [0.15, 0.2) is 36.4 Å². The van der Waals surface area contributed by atoms with Gasteiger partial charge in [0.05, 0.1) is 33.4 Å². The Kier molecular flexibility index (Phi) is 5.68. The minimum absolute atomic E-state index is 0.0534. The minimum atomic E-state index is -1.15. The molecule has 0 aliphatic rings. The highest BCUT2D eigenvalue weighted by atomic mass is 35.5. The van der Waals surface area contributed by atoms with E-state index in [1.807, 2.05) is 26.0 Å². The van der Waals surface area contributed by atoms with Gasteiger partial charge >= 0.3 is 5.97 Å². The number of nitrogens with zero attached hydrogens (tertiary/aromatic N) is 3. The van der Waals surface area contributed by atoms with Crippen molar-refractivity contribution in [1.82, 2.24) is 9.78 Å². The van der Waals surface area contributed by atoms with Crippen molar-refractivity contribution < 1.29 is 14.3 Å². The number of hydrogen-bond donors (Lipinski definition) is 0. The summed E-state index contributed by atoms with van der Waals surface area (Å²) >= 11 is 12.1. The second-order valence-corrected chi connectivity index (χ2v) is 7.00. The maximum absolute atomic E-state index is 12.2. The third-order valence-electron chi connectivity index (χ3n) is 4.41. The first-order valence-electron chi connectivity index (χ1n) is 8.21. The normalized spacial score (nSPS) is 10.6. The lowest BCUT2D eigenvalue weighted by molar-refractivity contribution is -0.0787.